The number of halogens is 1. The Hall–Kier alpha value is -2.71. The Bertz CT molecular complexity index is 1360. The highest BCUT2D eigenvalue weighted by Gasteiger charge is 2.45. The van der Waals surface area contributed by atoms with Crippen molar-refractivity contribution in [2.45, 2.75) is 32.4 Å². The molecule has 4 heterocycles. The van der Waals surface area contributed by atoms with E-state index in [1.54, 1.807) is 32.2 Å². The maximum absolute atomic E-state index is 14.6. The van der Waals surface area contributed by atoms with Gasteiger partial charge in [0.25, 0.3) is 10.2 Å². The van der Waals surface area contributed by atoms with E-state index in [4.69, 9.17) is 14.9 Å². The van der Waals surface area contributed by atoms with E-state index in [1.807, 2.05) is 5.38 Å². The number of nitrogens with one attached hydrogen (secondary N) is 1. The number of aromatic nitrogens is 1. The Morgan fingerprint density at radius 3 is 2.86 bits per heavy atom. The van der Waals surface area contributed by atoms with Gasteiger partial charge in [-0.2, -0.15) is 12.7 Å². The van der Waals surface area contributed by atoms with Gasteiger partial charge >= 0.3 is 5.97 Å². The van der Waals surface area contributed by atoms with Gasteiger partial charge in [0.15, 0.2) is 10.8 Å². The summed E-state index contributed by atoms with van der Waals surface area (Å²) in [6.07, 6.45) is 2.49. The third-order valence-corrected chi connectivity index (χ3v) is 9.01. The maximum atomic E-state index is 14.6. The third kappa shape index (κ3) is 5.06. The lowest BCUT2D eigenvalue weighted by Crippen LogP contribution is -2.44. The number of carbonyl (C=O) groups is 1. The second-order valence-corrected chi connectivity index (χ2v) is 11.8. The van der Waals surface area contributed by atoms with Gasteiger partial charge in [-0.15, -0.1) is 11.3 Å². The Labute approximate surface area is 219 Å². The molecule has 10 nitrogen and oxygen atoms in total. The van der Waals surface area contributed by atoms with Crippen LogP contribution in [0.25, 0.3) is 0 Å². The standard InChI is InChI=1S/C24H29FN6O4S2/c1-3-35-24(32)20-18(12-30-9-7-15-11-31(13-19(15)30)37(26,33)34)28-22(23-27-8-10-36-23)29-21(20)16-5-4-6-17(25)14(16)2/h4-6,8,10,15,19,21H,3,7,9,11-13H2,1-2H3,(H,28,29)(H2,26,33,34)/t15?,19-,21+/m1/s1. The highest BCUT2D eigenvalue weighted by Crippen LogP contribution is 2.37. The Balaban J connectivity index is 1.56. The number of benzene rings is 1. The average Bonchev–Trinajstić information content (AvgIpc) is 3.59. The summed E-state index contributed by atoms with van der Waals surface area (Å²) >= 11 is 1.40. The summed E-state index contributed by atoms with van der Waals surface area (Å²) in [6, 6.07) is 3.91. The fraction of sp³-hybridized carbons (Fsp3) is 0.458. The van der Waals surface area contributed by atoms with Gasteiger partial charge in [-0.1, -0.05) is 12.1 Å². The number of nitrogens with zero attached hydrogens (tertiary/aromatic N) is 4. The van der Waals surface area contributed by atoms with Gasteiger partial charge in [-0.05, 0) is 49.9 Å². The van der Waals surface area contributed by atoms with E-state index in [-0.39, 0.29) is 24.4 Å². The van der Waals surface area contributed by atoms with Crippen LogP contribution in [0.2, 0.25) is 0 Å². The molecule has 0 bridgehead atoms. The number of hydrogen-bond donors (Lipinski definition) is 2. The van der Waals surface area contributed by atoms with E-state index < -0.39 is 22.2 Å². The first kappa shape index (κ1) is 25.9. The van der Waals surface area contributed by atoms with E-state index in [0.717, 1.165) is 13.0 Å². The summed E-state index contributed by atoms with van der Waals surface area (Å²) in [5.41, 5.74) is 1.86. The highest BCUT2D eigenvalue weighted by atomic mass is 32.2. The lowest BCUT2D eigenvalue weighted by atomic mass is 9.92. The van der Waals surface area contributed by atoms with Crippen LogP contribution in [-0.2, 0) is 19.7 Å². The van der Waals surface area contributed by atoms with Crippen molar-refractivity contribution >= 4 is 33.4 Å². The van der Waals surface area contributed by atoms with Crippen LogP contribution < -0.4 is 10.5 Å². The number of rotatable bonds is 7. The predicted molar refractivity (Wildman–Crippen MR) is 137 cm³/mol. The summed E-state index contributed by atoms with van der Waals surface area (Å²) in [5.74, 6) is -0.279. The molecule has 0 saturated carbocycles. The smallest absolute Gasteiger partial charge is 0.338 e. The zero-order chi connectivity index (χ0) is 26.3. The van der Waals surface area contributed by atoms with Crippen LogP contribution in [0, 0.1) is 18.7 Å². The predicted octanol–water partition coefficient (Wildman–Crippen LogP) is 1.71. The summed E-state index contributed by atoms with van der Waals surface area (Å²) in [7, 11) is -3.78. The van der Waals surface area contributed by atoms with Gasteiger partial charge in [0.05, 0.1) is 12.2 Å². The van der Waals surface area contributed by atoms with E-state index in [9.17, 15) is 17.6 Å². The van der Waals surface area contributed by atoms with Gasteiger partial charge in [-0.25, -0.2) is 19.3 Å². The number of hydrogen-bond acceptors (Lipinski definition) is 9. The summed E-state index contributed by atoms with van der Waals surface area (Å²) in [5, 5.41) is 11.2. The van der Waals surface area contributed by atoms with E-state index in [1.165, 1.54) is 21.7 Å². The molecule has 1 aromatic carbocycles. The Morgan fingerprint density at radius 2 is 2.16 bits per heavy atom. The molecule has 1 unspecified atom stereocenters. The molecule has 198 valence electrons. The average molecular weight is 549 g/mol. The first-order valence-electron chi connectivity index (χ1n) is 12.1. The van der Waals surface area contributed by atoms with Crippen LogP contribution in [-0.4, -0.2) is 73.2 Å². The second kappa shape index (κ2) is 10.2. The molecule has 3 aliphatic heterocycles. The van der Waals surface area contributed by atoms with Crippen LogP contribution in [0.3, 0.4) is 0 Å². The zero-order valence-electron chi connectivity index (χ0n) is 20.6. The maximum Gasteiger partial charge on any atom is 0.338 e. The highest BCUT2D eigenvalue weighted by molar-refractivity contribution is 7.86. The number of amidine groups is 1. The number of likely N-dealkylation sites (tertiary alicyclic amines) is 1. The second-order valence-electron chi connectivity index (χ2n) is 9.36. The van der Waals surface area contributed by atoms with Crippen molar-refractivity contribution in [2.75, 3.05) is 32.8 Å². The molecule has 0 amide bonds. The van der Waals surface area contributed by atoms with Crippen molar-refractivity contribution in [3.05, 3.63) is 63.0 Å². The third-order valence-electron chi connectivity index (χ3n) is 7.21. The van der Waals surface area contributed by atoms with Crippen LogP contribution in [0.5, 0.6) is 0 Å². The number of thiazole rings is 1. The summed E-state index contributed by atoms with van der Waals surface area (Å²) < 4.78 is 45.3. The minimum Gasteiger partial charge on any atom is -0.463 e. The molecule has 2 fully saturated rings. The van der Waals surface area contributed by atoms with Gasteiger partial charge in [-0.3, -0.25) is 9.89 Å². The van der Waals surface area contributed by atoms with Crippen LogP contribution in [0.4, 0.5) is 4.39 Å². The molecular weight excluding hydrogens is 519 g/mol. The Morgan fingerprint density at radius 1 is 1.35 bits per heavy atom. The first-order valence-corrected chi connectivity index (χ1v) is 14.5. The van der Waals surface area contributed by atoms with Crippen molar-refractivity contribution in [1.29, 1.82) is 0 Å². The zero-order valence-corrected chi connectivity index (χ0v) is 22.2. The lowest BCUT2D eigenvalue weighted by molar-refractivity contribution is -0.139. The fourth-order valence-electron chi connectivity index (χ4n) is 5.38. The number of nitrogens with two attached hydrogens (primary N) is 1. The minimum atomic E-state index is -3.78. The number of aliphatic imine (C=N–C) groups is 1. The molecule has 2 aromatic rings. The lowest BCUT2D eigenvalue weighted by Gasteiger charge is -2.31. The van der Waals surface area contributed by atoms with Crippen molar-refractivity contribution in [2.24, 2.45) is 16.0 Å². The number of carbonyl (C=O) groups excluding carboxylic acids is 1. The van der Waals surface area contributed by atoms with Crippen molar-refractivity contribution < 1.29 is 22.3 Å². The molecular formula is C24H29FN6O4S2. The normalized spacial score (nSPS) is 24.6. The SMILES string of the molecule is CCOC(=O)C1=C(CN2CCC3CN(S(N)(=O)=O)C[C@H]32)NC(c2nccs2)=N[C@H]1c1cccc(F)c1C. The molecule has 0 aliphatic carbocycles. The summed E-state index contributed by atoms with van der Waals surface area (Å²) in [6.45, 7) is 5.32. The number of fused-ring (bicyclic) bond motifs is 1. The van der Waals surface area contributed by atoms with Gasteiger partial charge < -0.3 is 10.1 Å². The molecule has 3 N–H and O–H groups in total. The summed E-state index contributed by atoms with van der Waals surface area (Å²) in [4.78, 5) is 24.7. The van der Waals surface area contributed by atoms with E-state index >= 15 is 0 Å². The number of ether oxygens (including phenoxy) is 1. The van der Waals surface area contributed by atoms with Crippen molar-refractivity contribution in [1.82, 2.24) is 19.5 Å². The van der Waals surface area contributed by atoms with Crippen LogP contribution in [0.1, 0.15) is 35.5 Å². The Kier molecular flexibility index (Phi) is 7.16. The molecule has 1 aromatic heterocycles. The first-order chi connectivity index (χ1) is 17.7. The molecule has 37 heavy (non-hydrogen) atoms. The fourth-order valence-corrected chi connectivity index (χ4v) is 6.73. The number of esters is 1. The molecule has 5 rings (SSSR count). The molecule has 2 saturated heterocycles. The van der Waals surface area contributed by atoms with Gasteiger partial charge in [0.1, 0.15) is 11.9 Å². The largest absolute Gasteiger partial charge is 0.463 e. The van der Waals surface area contributed by atoms with Gasteiger partial charge in [0.2, 0.25) is 0 Å². The quantitative estimate of drug-likeness (QED) is 0.504. The van der Waals surface area contributed by atoms with E-state index in [2.05, 4.69) is 15.2 Å². The van der Waals surface area contributed by atoms with Gasteiger partial charge in [0, 0.05) is 43.0 Å². The van der Waals surface area contributed by atoms with Crippen molar-refractivity contribution in [3.8, 4) is 0 Å². The van der Waals surface area contributed by atoms with Crippen molar-refractivity contribution in [3.63, 3.8) is 0 Å². The molecule has 0 radical (unpaired) electrons. The molecule has 3 atom stereocenters. The topological polar surface area (TPSA) is 130 Å². The monoisotopic (exact) mass is 548 g/mol. The molecule has 0 spiro atoms. The molecule has 3 aliphatic rings. The molecule has 13 heteroatoms. The van der Waals surface area contributed by atoms with E-state index in [0.29, 0.717) is 52.9 Å². The van der Waals surface area contributed by atoms with Crippen LogP contribution >= 0.6 is 11.3 Å². The minimum absolute atomic E-state index is 0.0346. The van der Waals surface area contributed by atoms with Crippen LogP contribution in [0.15, 0.2) is 46.0 Å².